The number of likely N-dealkylation sites (N-methyl/N-ethyl adjacent to an activating group) is 1. The van der Waals surface area contributed by atoms with Gasteiger partial charge in [-0.2, -0.15) is 0 Å². The summed E-state index contributed by atoms with van der Waals surface area (Å²) in [7, 11) is 2.08. The first-order valence-electron chi connectivity index (χ1n) is 5.48. The molecule has 0 saturated carbocycles. The summed E-state index contributed by atoms with van der Waals surface area (Å²) in [5.41, 5.74) is 1.04. The van der Waals surface area contributed by atoms with Crippen LogP contribution in [0.25, 0.3) is 0 Å². The fraction of sp³-hybridized carbons (Fsp3) is 0.500. The molecule has 0 aromatic heterocycles. The lowest BCUT2D eigenvalue weighted by atomic mass is 10.2. The normalized spacial score (nSPS) is 20.6. The lowest BCUT2D eigenvalue weighted by Crippen LogP contribution is -2.36. The maximum absolute atomic E-state index is 13.0. The molecule has 1 aromatic rings. The van der Waals surface area contributed by atoms with Gasteiger partial charge in [0.05, 0.1) is 0 Å². The van der Waals surface area contributed by atoms with Crippen LogP contribution in [0.5, 0.6) is 0 Å². The van der Waals surface area contributed by atoms with E-state index in [0.717, 1.165) is 24.5 Å². The zero-order chi connectivity index (χ0) is 11.4. The van der Waals surface area contributed by atoms with E-state index in [4.69, 9.17) is 0 Å². The minimum atomic E-state index is -0.152. The lowest BCUT2D eigenvalue weighted by molar-refractivity contribution is 0.299. The van der Waals surface area contributed by atoms with E-state index in [0.29, 0.717) is 6.04 Å². The molecule has 1 saturated heterocycles. The third-order valence-electron chi connectivity index (χ3n) is 2.67. The lowest BCUT2D eigenvalue weighted by Gasteiger charge is -2.20. The highest BCUT2D eigenvalue weighted by Crippen LogP contribution is 2.12. The summed E-state index contributed by atoms with van der Waals surface area (Å²) in [5, 5.41) is 3.43. The average Bonchev–Trinajstić information content (AvgIpc) is 2.70. The minimum absolute atomic E-state index is 0.152. The standard InChI is InChI=1S/C12H17FN2S/c1-15(7-12-8-16-9-14-12)6-10-3-2-4-11(13)5-10/h2-5,12,14H,6-9H2,1H3. The first-order valence-corrected chi connectivity index (χ1v) is 6.63. The van der Waals surface area contributed by atoms with Gasteiger partial charge in [-0.05, 0) is 24.7 Å². The highest BCUT2D eigenvalue weighted by atomic mass is 32.2. The van der Waals surface area contributed by atoms with E-state index in [1.165, 1.54) is 11.8 Å². The highest BCUT2D eigenvalue weighted by Gasteiger charge is 2.16. The Balaban J connectivity index is 1.84. The number of halogens is 1. The molecule has 1 fully saturated rings. The van der Waals surface area contributed by atoms with Crippen molar-refractivity contribution in [1.29, 1.82) is 0 Å². The summed E-state index contributed by atoms with van der Waals surface area (Å²) in [4.78, 5) is 2.23. The van der Waals surface area contributed by atoms with Gasteiger partial charge in [0.1, 0.15) is 5.82 Å². The monoisotopic (exact) mass is 240 g/mol. The maximum atomic E-state index is 13.0. The second-order valence-electron chi connectivity index (χ2n) is 4.24. The number of benzene rings is 1. The van der Waals surface area contributed by atoms with Crippen molar-refractivity contribution in [3.63, 3.8) is 0 Å². The molecule has 1 aliphatic rings. The number of hydrogen-bond donors (Lipinski definition) is 1. The molecule has 88 valence electrons. The Morgan fingerprint density at radius 3 is 3.12 bits per heavy atom. The van der Waals surface area contributed by atoms with Crippen LogP contribution in [0.3, 0.4) is 0 Å². The van der Waals surface area contributed by atoms with Crippen LogP contribution in [0, 0.1) is 5.82 Å². The summed E-state index contributed by atoms with van der Waals surface area (Å²) in [5.74, 6) is 2.08. The van der Waals surface area contributed by atoms with Gasteiger partial charge in [-0.3, -0.25) is 0 Å². The molecule has 2 nitrogen and oxygen atoms in total. The van der Waals surface area contributed by atoms with Crippen LogP contribution in [0.1, 0.15) is 5.56 Å². The molecule has 1 unspecified atom stereocenters. The van der Waals surface area contributed by atoms with E-state index >= 15 is 0 Å². The predicted octanol–water partition coefficient (Wildman–Crippen LogP) is 1.92. The fourth-order valence-electron chi connectivity index (χ4n) is 1.94. The number of hydrogen-bond acceptors (Lipinski definition) is 3. The molecule has 0 aliphatic carbocycles. The molecule has 1 aromatic carbocycles. The molecular formula is C12H17FN2S. The third kappa shape index (κ3) is 3.47. The minimum Gasteiger partial charge on any atom is -0.303 e. The summed E-state index contributed by atoms with van der Waals surface area (Å²) in [6.45, 7) is 1.82. The Morgan fingerprint density at radius 2 is 2.44 bits per heavy atom. The number of nitrogens with one attached hydrogen (secondary N) is 1. The molecule has 2 rings (SSSR count). The first kappa shape index (κ1) is 11.9. The van der Waals surface area contributed by atoms with E-state index in [1.807, 2.05) is 17.8 Å². The van der Waals surface area contributed by atoms with Crippen LogP contribution in [0.2, 0.25) is 0 Å². The van der Waals surface area contributed by atoms with Crippen molar-refractivity contribution in [3.8, 4) is 0 Å². The molecule has 16 heavy (non-hydrogen) atoms. The molecule has 1 heterocycles. The summed E-state index contributed by atoms with van der Waals surface area (Å²) in [6.07, 6.45) is 0. The second kappa shape index (κ2) is 5.66. The highest BCUT2D eigenvalue weighted by molar-refractivity contribution is 7.99. The van der Waals surface area contributed by atoms with Gasteiger partial charge in [0.25, 0.3) is 0 Å². The fourth-order valence-corrected chi connectivity index (χ4v) is 2.92. The molecule has 1 aliphatic heterocycles. The van der Waals surface area contributed by atoms with Gasteiger partial charge in [-0.25, -0.2) is 4.39 Å². The van der Waals surface area contributed by atoms with Crippen LogP contribution in [-0.2, 0) is 6.54 Å². The van der Waals surface area contributed by atoms with Gasteiger partial charge >= 0.3 is 0 Å². The number of nitrogens with zero attached hydrogens (tertiary/aromatic N) is 1. The van der Waals surface area contributed by atoms with Crippen molar-refractivity contribution in [2.75, 3.05) is 25.2 Å². The van der Waals surface area contributed by atoms with Crippen molar-refractivity contribution < 1.29 is 4.39 Å². The zero-order valence-electron chi connectivity index (χ0n) is 9.45. The van der Waals surface area contributed by atoms with Crippen LogP contribution in [0.4, 0.5) is 4.39 Å². The molecule has 1 atom stereocenters. The molecule has 0 amide bonds. The zero-order valence-corrected chi connectivity index (χ0v) is 10.3. The van der Waals surface area contributed by atoms with Gasteiger partial charge in [0.2, 0.25) is 0 Å². The van der Waals surface area contributed by atoms with Crippen LogP contribution in [-0.4, -0.2) is 36.2 Å². The predicted molar refractivity (Wildman–Crippen MR) is 67.0 cm³/mol. The first-order chi connectivity index (χ1) is 7.74. The quantitative estimate of drug-likeness (QED) is 0.865. The van der Waals surface area contributed by atoms with E-state index in [1.54, 1.807) is 12.1 Å². The van der Waals surface area contributed by atoms with Gasteiger partial charge in [-0.15, -0.1) is 11.8 Å². The molecule has 4 heteroatoms. The SMILES string of the molecule is CN(Cc1cccc(F)c1)CC1CSCN1. The van der Waals surface area contributed by atoms with Crippen LogP contribution >= 0.6 is 11.8 Å². The van der Waals surface area contributed by atoms with Gasteiger partial charge in [0.15, 0.2) is 0 Å². The van der Waals surface area contributed by atoms with Crippen molar-refractivity contribution in [2.24, 2.45) is 0 Å². The largest absolute Gasteiger partial charge is 0.303 e. The Kier molecular flexibility index (Phi) is 4.21. The van der Waals surface area contributed by atoms with Crippen molar-refractivity contribution in [1.82, 2.24) is 10.2 Å². The van der Waals surface area contributed by atoms with E-state index in [2.05, 4.69) is 17.3 Å². The summed E-state index contributed by atoms with van der Waals surface area (Å²) >= 11 is 1.94. The Hall–Kier alpha value is -0.580. The smallest absolute Gasteiger partial charge is 0.123 e. The maximum Gasteiger partial charge on any atom is 0.123 e. The number of thioether (sulfide) groups is 1. The van der Waals surface area contributed by atoms with Gasteiger partial charge in [0, 0.05) is 30.8 Å². The summed E-state index contributed by atoms with van der Waals surface area (Å²) in [6, 6.07) is 7.40. The Labute approximate surface area is 100 Å². The number of rotatable bonds is 4. The van der Waals surface area contributed by atoms with Crippen molar-refractivity contribution in [3.05, 3.63) is 35.6 Å². The second-order valence-corrected chi connectivity index (χ2v) is 5.27. The molecule has 0 spiro atoms. The Bertz CT molecular complexity index is 340. The average molecular weight is 240 g/mol. The van der Waals surface area contributed by atoms with E-state index in [-0.39, 0.29) is 5.82 Å². The Morgan fingerprint density at radius 1 is 1.56 bits per heavy atom. The molecule has 0 bridgehead atoms. The van der Waals surface area contributed by atoms with Crippen molar-refractivity contribution in [2.45, 2.75) is 12.6 Å². The van der Waals surface area contributed by atoms with Gasteiger partial charge in [-0.1, -0.05) is 12.1 Å². The van der Waals surface area contributed by atoms with E-state index < -0.39 is 0 Å². The van der Waals surface area contributed by atoms with Gasteiger partial charge < -0.3 is 10.2 Å². The topological polar surface area (TPSA) is 15.3 Å². The summed E-state index contributed by atoms with van der Waals surface area (Å²) < 4.78 is 13.0. The molecule has 0 radical (unpaired) electrons. The van der Waals surface area contributed by atoms with Crippen molar-refractivity contribution >= 4 is 11.8 Å². The van der Waals surface area contributed by atoms with E-state index in [9.17, 15) is 4.39 Å². The molecule has 1 N–H and O–H groups in total. The van der Waals surface area contributed by atoms with Crippen LogP contribution < -0.4 is 5.32 Å². The van der Waals surface area contributed by atoms with Crippen LogP contribution in [0.15, 0.2) is 24.3 Å². The molecular weight excluding hydrogens is 223 g/mol. The third-order valence-corrected chi connectivity index (χ3v) is 3.68.